The summed E-state index contributed by atoms with van der Waals surface area (Å²) in [6.45, 7) is 0.454. The van der Waals surface area contributed by atoms with Crippen molar-refractivity contribution in [3.63, 3.8) is 0 Å². The van der Waals surface area contributed by atoms with Crippen LogP contribution in [0.15, 0.2) is 54.6 Å². The van der Waals surface area contributed by atoms with Gasteiger partial charge < -0.3 is 5.32 Å². The zero-order chi connectivity index (χ0) is 14.5. The highest BCUT2D eigenvalue weighted by Crippen LogP contribution is 2.20. The van der Waals surface area contributed by atoms with Crippen LogP contribution in [0.3, 0.4) is 0 Å². The minimum absolute atomic E-state index is 0.182. The zero-order valence-corrected chi connectivity index (χ0v) is 12.2. The Labute approximate surface area is 126 Å². The number of carbonyl (C=O) groups is 1. The summed E-state index contributed by atoms with van der Waals surface area (Å²) in [5.74, 6) is 0.182. The highest BCUT2D eigenvalue weighted by Gasteiger charge is 2.15. The van der Waals surface area contributed by atoms with E-state index in [4.69, 9.17) is 0 Å². The minimum Gasteiger partial charge on any atom is -0.307 e. The Morgan fingerprint density at radius 3 is 2.19 bits per heavy atom. The predicted octanol–water partition coefficient (Wildman–Crippen LogP) is 4.07. The first kappa shape index (κ1) is 14.0. The van der Waals surface area contributed by atoms with Crippen LogP contribution in [0.1, 0.15) is 36.0 Å². The Balaban J connectivity index is 1.62. The van der Waals surface area contributed by atoms with E-state index in [2.05, 4.69) is 17.4 Å². The molecule has 0 atom stereocenters. The van der Waals surface area contributed by atoms with Crippen LogP contribution >= 0.6 is 0 Å². The molecule has 0 aliphatic heterocycles. The fraction of sp³-hybridized carbons (Fsp3) is 0.316. The summed E-state index contributed by atoms with van der Waals surface area (Å²) in [5.41, 5.74) is 3.12. The molecular weight excluding hydrogens is 258 g/mol. The van der Waals surface area contributed by atoms with Crippen LogP contribution in [0.4, 0.5) is 0 Å². The Bertz CT molecular complexity index is 583. The summed E-state index contributed by atoms with van der Waals surface area (Å²) in [4.78, 5) is 12.2. The van der Waals surface area contributed by atoms with Gasteiger partial charge in [-0.05, 0) is 24.0 Å². The van der Waals surface area contributed by atoms with E-state index in [0.29, 0.717) is 12.6 Å². The van der Waals surface area contributed by atoms with Gasteiger partial charge in [0, 0.05) is 11.6 Å². The fourth-order valence-corrected chi connectivity index (χ4v) is 2.95. The summed E-state index contributed by atoms with van der Waals surface area (Å²) in [6, 6.07) is 18.7. The molecule has 108 valence electrons. The molecular formula is C19H21NO. The lowest BCUT2D eigenvalue weighted by atomic mass is 10.0. The van der Waals surface area contributed by atoms with E-state index in [-0.39, 0.29) is 5.78 Å². The first-order chi connectivity index (χ1) is 10.3. The molecule has 1 aliphatic carbocycles. The van der Waals surface area contributed by atoms with Crippen LogP contribution in [-0.4, -0.2) is 18.4 Å². The normalized spacial score (nSPS) is 15.2. The first-order valence-electron chi connectivity index (χ1n) is 7.75. The van der Waals surface area contributed by atoms with E-state index < -0.39 is 0 Å². The monoisotopic (exact) mass is 279 g/mol. The van der Waals surface area contributed by atoms with Gasteiger partial charge in [-0.2, -0.15) is 0 Å². The number of ketones is 1. The van der Waals surface area contributed by atoms with Crippen molar-refractivity contribution in [2.75, 3.05) is 6.54 Å². The Kier molecular flexibility index (Phi) is 4.46. The minimum atomic E-state index is 0.182. The second kappa shape index (κ2) is 6.68. The topological polar surface area (TPSA) is 29.1 Å². The van der Waals surface area contributed by atoms with E-state index in [1.54, 1.807) is 0 Å². The summed E-state index contributed by atoms with van der Waals surface area (Å²) >= 11 is 0. The van der Waals surface area contributed by atoms with Crippen LogP contribution < -0.4 is 5.32 Å². The van der Waals surface area contributed by atoms with E-state index in [1.807, 2.05) is 42.5 Å². The van der Waals surface area contributed by atoms with Gasteiger partial charge in [0.1, 0.15) is 0 Å². The number of benzene rings is 2. The quantitative estimate of drug-likeness (QED) is 0.836. The van der Waals surface area contributed by atoms with Crippen molar-refractivity contribution >= 4 is 5.78 Å². The molecule has 2 heteroatoms. The molecule has 3 rings (SSSR count). The molecule has 0 aromatic heterocycles. The van der Waals surface area contributed by atoms with Crippen LogP contribution in [0, 0.1) is 0 Å². The molecule has 2 aromatic carbocycles. The van der Waals surface area contributed by atoms with Crippen molar-refractivity contribution in [1.29, 1.82) is 0 Å². The van der Waals surface area contributed by atoms with Crippen LogP contribution in [0.5, 0.6) is 0 Å². The molecule has 1 saturated carbocycles. The van der Waals surface area contributed by atoms with Gasteiger partial charge >= 0.3 is 0 Å². The summed E-state index contributed by atoms with van der Waals surface area (Å²) in [6.07, 6.45) is 5.00. The molecule has 2 nitrogen and oxygen atoms in total. The first-order valence-corrected chi connectivity index (χ1v) is 7.75. The zero-order valence-electron chi connectivity index (χ0n) is 12.2. The number of carbonyl (C=O) groups excluding carboxylic acids is 1. The molecule has 0 bridgehead atoms. The van der Waals surface area contributed by atoms with Crippen molar-refractivity contribution in [3.05, 3.63) is 60.2 Å². The van der Waals surface area contributed by atoms with Crippen LogP contribution in [0.25, 0.3) is 11.1 Å². The van der Waals surface area contributed by atoms with Gasteiger partial charge in [-0.25, -0.2) is 0 Å². The van der Waals surface area contributed by atoms with Gasteiger partial charge in [0.25, 0.3) is 0 Å². The van der Waals surface area contributed by atoms with Crippen molar-refractivity contribution in [1.82, 2.24) is 5.32 Å². The van der Waals surface area contributed by atoms with E-state index >= 15 is 0 Å². The molecule has 0 saturated heterocycles. The molecule has 0 unspecified atom stereocenters. The molecule has 0 heterocycles. The van der Waals surface area contributed by atoms with Crippen molar-refractivity contribution in [2.45, 2.75) is 31.7 Å². The third kappa shape index (κ3) is 3.59. The number of hydrogen-bond acceptors (Lipinski definition) is 2. The number of Topliss-reactive ketones (excluding diaryl/α,β-unsaturated/α-hetero) is 1. The fourth-order valence-electron chi connectivity index (χ4n) is 2.95. The number of nitrogens with one attached hydrogen (secondary N) is 1. The van der Waals surface area contributed by atoms with E-state index in [9.17, 15) is 4.79 Å². The van der Waals surface area contributed by atoms with Crippen molar-refractivity contribution in [2.24, 2.45) is 0 Å². The van der Waals surface area contributed by atoms with Gasteiger partial charge in [-0.3, -0.25) is 4.79 Å². The largest absolute Gasteiger partial charge is 0.307 e. The third-order valence-corrected chi connectivity index (χ3v) is 4.22. The van der Waals surface area contributed by atoms with Gasteiger partial charge in [0.2, 0.25) is 0 Å². The SMILES string of the molecule is O=C(CNC1CCCC1)c1ccc(-c2ccccc2)cc1. The molecule has 21 heavy (non-hydrogen) atoms. The van der Waals surface area contributed by atoms with Gasteiger partial charge in [0.05, 0.1) is 6.54 Å². The smallest absolute Gasteiger partial charge is 0.176 e. The molecule has 0 spiro atoms. The van der Waals surface area contributed by atoms with Crippen LogP contribution in [0.2, 0.25) is 0 Å². The Morgan fingerprint density at radius 2 is 1.52 bits per heavy atom. The second-order valence-corrected chi connectivity index (χ2v) is 5.73. The van der Waals surface area contributed by atoms with Gasteiger partial charge in [0.15, 0.2) is 5.78 Å². The molecule has 0 amide bonds. The maximum atomic E-state index is 12.2. The Hall–Kier alpha value is -1.93. The highest BCUT2D eigenvalue weighted by molar-refractivity contribution is 5.98. The van der Waals surface area contributed by atoms with Gasteiger partial charge in [-0.15, -0.1) is 0 Å². The van der Waals surface area contributed by atoms with Gasteiger partial charge in [-0.1, -0.05) is 67.4 Å². The average molecular weight is 279 g/mol. The second-order valence-electron chi connectivity index (χ2n) is 5.73. The molecule has 2 aromatic rings. The lowest BCUT2D eigenvalue weighted by molar-refractivity contribution is 0.0987. The third-order valence-electron chi connectivity index (χ3n) is 4.22. The number of rotatable bonds is 5. The molecule has 0 radical (unpaired) electrons. The van der Waals surface area contributed by atoms with Crippen molar-refractivity contribution < 1.29 is 4.79 Å². The van der Waals surface area contributed by atoms with E-state index in [1.165, 1.54) is 31.2 Å². The van der Waals surface area contributed by atoms with E-state index in [0.717, 1.165) is 11.1 Å². The number of hydrogen-bond donors (Lipinski definition) is 1. The predicted molar refractivity (Wildman–Crippen MR) is 86.5 cm³/mol. The Morgan fingerprint density at radius 1 is 0.905 bits per heavy atom. The molecule has 1 aliphatic rings. The summed E-state index contributed by atoms with van der Waals surface area (Å²) < 4.78 is 0. The highest BCUT2D eigenvalue weighted by atomic mass is 16.1. The summed E-state index contributed by atoms with van der Waals surface area (Å²) in [5, 5.41) is 3.38. The van der Waals surface area contributed by atoms with Crippen molar-refractivity contribution in [3.8, 4) is 11.1 Å². The lowest BCUT2D eigenvalue weighted by Crippen LogP contribution is -2.31. The maximum Gasteiger partial charge on any atom is 0.176 e. The molecule has 1 N–H and O–H groups in total. The maximum absolute atomic E-state index is 12.2. The van der Waals surface area contributed by atoms with Crippen LogP contribution in [-0.2, 0) is 0 Å². The summed E-state index contributed by atoms with van der Waals surface area (Å²) in [7, 11) is 0. The molecule has 1 fully saturated rings. The standard InChI is InChI=1S/C19H21NO/c21-19(14-20-18-8-4-5-9-18)17-12-10-16(11-13-17)15-6-2-1-3-7-15/h1-3,6-7,10-13,18,20H,4-5,8-9,14H2. The average Bonchev–Trinajstić information content (AvgIpc) is 3.07. The lowest BCUT2D eigenvalue weighted by Gasteiger charge is -2.11.